The van der Waals surface area contributed by atoms with Crippen LogP contribution in [0.4, 0.5) is 4.79 Å². The summed E-state index contributed by atoms with van der Waals surface area (Å²) in [6.07, 6.45) is 9.93. The Hall–Kier alpha value is -2.86. The molecule has 2 aromatic carbocycles. The number of hydrogen-bond acceptors (Lipinski definition) is 5. The van der Waals surface area contributed by atoms with Gasteiger partial charge in [-0.15, -0.1) is 0 Å². The lowest BCUT2D eigenvalue weighted by molar-refractivity contribution is -0.115. The van der Waals surface area contributed by atoms with Crippen LogP contribution in [0.3, 0.4) is 0 Å². The molecular weight excluding hydrogens is 444 g/mol. The molecule has 5 aliphatic rings. The van der Waals surface area contributed by atoms with Gasteiger partial charge < -0.3 is 4.42 Å². The molecule has 1 N–H and O–H groups in total. The van der Waals surface area contributed by atoms with Crippen molar-refractivity contribution in [2.45, 2.75) is 50.9 Å². The average Bonchev–Trinajstić information content (AvgIpc) is 3.32. The highest BCUT2D eigenvalue weighted by atomic mass is 32.2. The van der Waals surface area contributed by atoms with Crippen LogP contribution in [-0.4, -0.2) is 16.1 Å². The van der Waals surface area contributed by atoms with E-state index in [2.05, 4.69) is 29.6 Å². The first-order valence-corrected chi connectivity index (χ1v) is 13.0. The summed E-state index contributed by atoms with van der Waals surface area (Å²) in [7, 11) is 0. The maximum absolute atomic E-state index is 12.0. The molecule has 4 saturated carbocycles. The number of oxazole rings is 1. The third-order valence-electron chi connectivity index (χ3n) is 8.39. The number of imide groups is 1. The summed E-state index contributed by atoms with van der Waals surface area (Å²) in [6.45, 7) is 1.90. The first-order chi connectivity index (χ1) is 16.4. The summed E-state index contributed by atoms with van der Waals surface area (Å²) in [5.74, 6) is 2.96. The number of rotatable bonds is 3. The van der Waals surface area contributed by atoms with E-state index < -0.39 is 0 Å². The van der Waals surface area contributed by atoms with E-state index in [1.807, 2.05) is 19.1 Å². The van der Waals surface area contributed by atoms with Crippen molar-refractivity contribution in [3.05, 3.63) is 58.3 Å². The number of carbonyl (C=O) groups excluding carboxylic acids is 2. The molecule has 0 atom stereocenters. The summed E-state index contributed by atoms with van der Waals surface area (Å²) < 4.78 is 6.09. The Bertz CT molecular complexity index is 1370. The summed E-state index contributed by atoms with van der Waals surface area (Å²) in [5.41, 5.74) is 6.42. The Morgan fingerprint density at radius 1 is 1.06 bits per heavy atom. The molecule has 4 aliphatic carbocycles. The van der Waals surface area contributed by atoms with Gasteiger partial charge in [0.2, 0.25) is 0 Å². The molecule has 2 amide bonds. The minimum absolute atomic E-state index is 0.267. The fourth-order valence-corrected chi connectivity index (χ4v) is 8.18. The van der Waals surface area contributed by atoms with Gasteiger partial charge in [-0.25, -0.2) is 4.98 Å². The van der Waals surface area contributed by atoms with Crippen LogP contribution in [0.15, 0.2) is 45.7 Å². The number of aryl methyl sites for hydroxylation is 1. The van der Waals surface area contributed by atoms with Crippen LogP contribution in [-0.2, 0) is 10.2 Å². The smallest absolute Gasteiger partial charge is 0.290 e. The number of nitrogens with one attached hydrogen (secondary N) is 1. The lowest BCUT2D eigenvalue weighted by Crippen LogP contribution is -2.48. The van der Waals surface area contributed by atoms with Crippen molar-refractivity contribution in [1.82, 2.24) is 10.3 Å². The molecule has 1 aliphatic heterocycles. The van der Waals surface area contributed by atoms with Crippen molar-refractivity contribution >= 4 is 40.1 Å². The van der Waals surface area contributed by atoms with Crippen molar-refractivity contribution in [2.75, 3.05) is 0 Å². The Kier molecular flexibility index (Phi) is 4.41. The van der Waals surface area contributed by atoms with Crippen molar-refractivity contribution in [2.24, 2.45) is 17.8 Å². The average molecular weight is 471 g/mol. The normalized spacial score (nSPS) is 31.1. The van der Waals surface area contributed by atoms with Gasteiger partial charge in [0, 0.05) is 12.5 Å². The van der Waals surface area contributed by atoms with E-state index >= 15 is 0 Å². The molecule has 5 fully saturated rings. The Morgan fingerprint density at radius 3 is 2.47 bits per heavy atom. The van der Waals surface area contributed by atoms with E-state index in [0.717, 1.165) is 57.3 Å². The van der Waals surface area contributed by atoms with Crippen molar-refractivity contribution in [3.8, 4) is 11.1 Å². The number of hydrogen-bond donors (Lipinski definition) is 1. The Morgan fingerprint density at radius 2 is 1.79 bits per heavy atom. The van der Waals surface area contributed by atoms with Crippen molar-refractivity contribution < 1.29 is 14.0 Å². The molecule has 1 aromatic heterocycles. The molecule has 0 unspecified atom stereocenters. The zero-order chi connectivity index (χ0) is 23.0. The molecule has 2 heterocycles. The van der Waals surface area contributed by atoms with Crippen molar-refractivity contribution in [3.63, 3.8) is 0 Å². The van der Waals surface area contributed by atoms with Gasteiger partial charge in [-0.2, -0.15) is 0 Å². The van der Waals surface area contributed by atoms with Gasteiger partial charge in [0.15, 0.2) is 11.5 Å². The number of amides is 2. The molecule has 172 valence electrons. The highest BCUT2D eigenvalue weighted by molar-refractivity contribution is 8.18. The molecule has 6 heteroatoms. The Balaban J connectivity index is 1.35. The molecule has 4 bridgehead atoms. The fourth-order valence-electron chi connectivity index (χ4n) is 7.50. The zero-order valence-corrected chi connectivity index (χ0v) is 19.9. The summed E-state index contributed by atoms with van der Waals surface area (Å²) in [5, 5.41) is 2.00. The zero-order valence-electron chi connectivity index (χ0n) is 19.1. The van der Waals surface area contributed by atoms with Gasteiger partial charge in [-0.05, 0) is 114 Å². The van der Waals surface area contributed by atoms with Crippen LogP contribution < -0.4 is 5.32 Å². The van der Waals surface area contributed by atoms with Crippen LogP contribution in [0.1, 0.15) is 55.5 Å². The van der Waals surface area contributed by atoms with Gasteiger partial charge in [-0.1, -0.05) is 18.2 Å². The molecule has 0 spiro atoms. The quantitative estimate of drug-likeness (QED) is 0.437. The summed E-state index contributed by atoms with van der Waals surface area (Å²) >= 11 is 0.944. The fraction of sp³-hybridized carbons (Fsp3) is 0.393. The molecule has 8 rings (SSSR count). The van der Waals surface area contributed by atoms with Gasteiger partial charge >= 0.3 is 0 Å². The second kappa shape index (κ2) is 7.32. The van der Waals surface area contributed by atoms with E-state index in [1.54, 1.807) is 6.08 Å². The second-order valence-corrected chi connectivity index (χ2v) is 11.8. The van der Waals surface area contributed by atoms with Gasteiger partial charge in [0.25, 0.3) is 11.1 Å². The monoisotopic (exact) mass is 470 g/mol. The van der Waals surface area contributed by atoms with Gasteiger partial charge in [-0.3, -0.25) is 14.9 Å². The number of aromatic nitrogens is 1. The first-order valence-electron chi connectivity index (χ1n) is 12.2. The highest BCUT2D eigenvalue weighted by Gasteiger charge is 2.51. The second-order valence-electron chi connectivity index (χ2n) is 10.8. The molecule has 1 saturated heterocycles. The van der Waals surface area contributed by atoms with E-state index in [1.165, 1.54) is 44.1 Å². The van der Waals surface area contributed by atoms with Gasteiger partial charge in [0.05, 0.1) is 4.91 Å². The molecule has 3 aromatic rings. The van der Waals surface area contributed by atoms with Crippen LogP contribution in [0.2, 0.25) is 0 Å². The number of nitrogens with zero attached hydrogens (tertiary/aromatic N) is 1. The van der Waals surface area contributed by atoms with E-state index in [0.29, 0.717) is 10.8 Å². The van der Waals surface area contributed by atoms with Crippen LogP contribution in [0.25, 0.3) is 28.3 Å². The lowest BCUT2D eigenvalue weighted by atomic mass is 9.48. The number of benzene rings is 2. The minimum atomic E-state index is -0.336. The van der Waals surface area contributed by atoms with Gasteiger partial charge in [0.1, 0.15) is 5.52 Å². The molecular formula is C28H26N2O3S. The SMILES string of the molecule is Cc1nc2cc(C34CC5CC(CC(C5)C3)C4)cc(-c3cccc(/C=C4\SC(=O)NC4=O)c3)c2o1. The minimum Gasteiger partial charge on any atom is -0.440 e. The molecule has 34 heavy (non-hydrogen) atoms. The predicted molar refractivity (Wildman–Crippen MR) is 133 cm³/mol. The van der Waals surface area contributed by atoms with E-state index in [4.69, 9.17) is 9.40 Å². The van der Waals surface area contributed by atoms with Crippen LogP contribution >= 0.6 is 11.8 Å². The summed E-state index contributed by atoms with van der Waals surface area (Å²) in [6, 6.07) is 12.8. The molecule has 5 nitrogen and oxygen atoms in total. The molecule has 0 radical (unpaired) electrons. The maximum atomic E-state index is 12.0. The van der Waals surface area contributed by atoms with E-state index in [-0.39, 0.29) is 16.6 Å². The van der Waals surface area contributed by atoms with Crippen LogP contribution in [0, 0.1) is 24.7 Å². The number of thioether (sulfide) groups is 1. The number of carbonyl (C=O) groups is 2. The van der Waals surface area contributed by atoms with Crippen LogP contribution in [0.5, 0.6) is 0 Å². The predicted octanol–water partition coefficient (Wildman–Crippen LogP) is 6.59. The Labute approximate surface area is 202 Å². The van der Waals surface area contributed by atoms with E-state index in [9.17, 15) is 9.59 Å². The standard InChI is InChI=1S/C28H26N2O3S/c1-15-29-23-11-21(28-12-17-5-18(13-28)7-19(6-17)14-28)10-22(25(23)33-15)20-4-2-3-16(8-20)9-24-26(31)30-27(32)34-24/h2-4,8-11,17-19H,5-7,12-14H2,1H3,(H,30,31,32)/b24-9-. The first kappa shape index (κ1) is 20.5. The maximum Gasteiger partial charge on any atom is 0.290 e. The summed E-state index contributed by atoms with van der Waals surface area (Å²) in [4.78, 5) is 28.8. The van der Waals surface area contributed by atoms with Crippen molar-refractivity contribution in [1.29, 1.82) is 0 Å². The largest absolute Gasteiger partial charge is 0.440 e. The number of fused-ring (bicyclic) bond motifs is 1. The highest BCUT2D eigenvalue weighted by Crippen LogP contribution is 2.61. The lowest BCUT2D eigenvalue weighted by Gasteiger charge is -2.57. The topological polar surface area (TPSA) is 72.2 Å². The third kappa shape index (κ3) is 3.26. The third-order valence-corrected chi connectivity index (χ3v) is 9.20.